The highest BCUT2D eigenvalue weighted by atomic mass is 16.3. The van der Waals surface area contributed by atoms with E-state index in [1.807, 2.05) is 20.8 Å². The van der Waals surface area contributed by atoms with Crippen LogP contribution in [0.3, 0.4) is 0 Å². The predicted octanol–water partition coefficient (Wildman–Crippen LogP) is 3.80. The monoisotopic (exact) mass is 376 g/mol. The number of likely N-dealkylation sites (tertiary alicyclic amines) is 1. The number of nitrogens with one attached hydrogen (secondary N) is 2. The molecule has 1 aliphatic heterocycles. The molecule has 0 aliphatic carbocycles. The van der Waals surface area contributed by atoms with Gasteiger partial charge in [0.05, 0.1) is 11.3 Å². The summed E-state index contributed by atoms with van der Waals surface area (Å²) < 4.78 is 0. The molecule has 2 rings (SSSR count). The number of aliphatic hydroxyl groups excluding tert-OH is 1. The number of rotatable bonds is 6. The second-order valence-electron chi connectivity index (χ2n) is 7.76. The average Bonchev–Trinajstić information content (AvgIpc) is 3.29. The molecule has 1 amide bonds. The molecular formula is C21H36N4O2. The molecule has 0 bridgehead atoms. The molecular weight excluding hydrogens is 340 g/mol. The molecule has 1 saturated heterocycles. The molecule has 2 heterocycles. The lowest BCUT2D eigenvalue weighted by Gasteiger charge is -2.21. The summed E-state index contributed by atoms with van der Waals surface area (Å²) in [5, 5.41) is 12.2. The Balaban J connectivity index is 0.00000114. The van der Waals surface area contributed by atoms with E-state index in [4.69, 9.17) is 0 Å². The third-order valence-electron chi connectivity index (χ3n) is 4.28. The molecule has 6 nitrogen and oxygen atoms in total. The predicted molar refractivity (Wildman–Crippen MR) is 113 cm³/mol. The summed E-state index contributed by atoms with van der Waals surface area (Å²) in [6.07, 6.45) is 6.99. The molecule has 1 fully saturated rings. The van der Waals surface area contributed by atoms with Crippen molar-refractivity contribution in [2.75, 3.05) is 26.2 Å². The van der Waals surface area contributed by atoms with Crippen molar-refractivity contribution in [2.24, 2.45) is 10.4 Å². The Morgan fingerprint density at radius 1 is 1.41 bits per heavy atom. The maximum Gasteiger partial charge on any atom is 0.255 e. The Labute approximate surface area is 163 Å². The number of amides is 1. The highest BCUT2D eigenvalue weighted by Crippen LogP contribution is 2.25. The Morgan fingerprint density at radius 3 is 2.52 bits per heavy atom. The van der Waals surface area contributed by atoms with E-state index in [9.17, 15) is 9.90 Å². The fourth-order valence-corrected chi connectivity index (χ4v) is 2.61. The molecule has 0 unspecified atom stereocenters. The normalized spacial score (nSPS) is 14.6. The molecule has 0 radical (unpaired) electrons. The number of aryl methyl sites for hydroxylation is 1. The summed E-state index contributed by atoms with van der Waals surface area (Å²) in [7, 11) is 0. The molecule has 152 valence electrons. The van der Waals surface area contributed by atoms with Gasteiger partial charge in [-0.2, -0.15) is 0 Å². The zero-order valence-corrected chi connectivity index (χ0v) is 17.6. The Morgan fingerprint density at radius 2 is 2.00 bits per heavy atom. The van der Waals surface area contributed by atoms with E-state index in [1.165, 1.54) is 6.42 Å². The first-order valence-electron chi connectivity index (χ1n) is 9.82. The van der Waals surface area contributed by atoms with Crippen LogP contribution in [0.15, 0.2) is 23.8 Å². The molecule has 1 aromatic heterocycles. The van der Waals surface area contributed by atoms with Gasteiger partial charge in [0.25, 0.3) is 5.91 Å². The zero-order valence-electron chi connectivity index (χ0n) is 17.6. The van der Waals surface area contributed by atoms with Gasteiger partial charge in [-0.3, -0.25) is 4.79 Å². The molecule has 0 spiro atoms. The van der Waals surface area contributed by atoms with Crippen molar-refractivity contribution < 1.29 is 9.90 Å². The van der Waals surface area contributed by atoms with Crippen LogP contribution in [-0.2, 0) is 0 Å². The van der Waals surface area contributed by atoms with E-state index in [2.05, 4.69) is 40.6 Å². The van der Waals surface area contributed by atoms with Crippen molar-refractivity contribution in [1.82, 2.24) is 15.2 Å². The highest BCUT2D eigenvalue weighted by molar-refractivity contribution is 6.02. The second kappa shape index (κ2) is 10.9. The van der Waals surface area contributed by atoms with Gasteiger partial charge in [-0.15, -0.1) is 0 Å². The summed E-state index contributed by atoms with van der Waals surface area (Å²) in [5.74, 6) is 0.615. The van der Waals surface area contributed by atoms with Gasteiger partial charge in [-0.25, -0.2) is 4.99 Å². The Kier molecular flexibility index (Phi) is 9.29. The first-order valence-corrected chi connectivity index (χ1v) is 9.82. The standard InChI is InChI=1S/C18H28N4O2.C3H8/c1-5-15(22-8-6-7-9-22)21-16-13(2)19-10-14(16)17(24)20-11-18(3,4)12-23;1-3-2/h5,10,19,23H,1,6-9,11-12H2,2-4H3,(H,20,24);3H2,1-2H3. The van der Waals surface area contributed by atoms with Gasteiger partial charge in [-0.1, -0.05) is 40.7 Å². The van der Waals surface area contributed by atoms with Crippen molar-refractivity contribution in [2.45, 2.75) is 53.9 Å². The van der Waals surface area contributed by atoms with E-state index in [0.717, 1.165) is 37.5 Å². The van der Waals surface area contributed by atoms with Gasteiger partial charge in [0.1, 0.15) is 5.84 Å². The SMILES string of the molecule is C=CC(=Nc1c(C(=O)NCC(C)(C)CO)c[nH]c1C)N1CCCC1.CCC. The van der Waals surface area contributed by atoms with Crippen LogP contribution in [0.5, 0.6) is 0 Å². The molecule has 0 aromatic carbocycles. The van der Waals surface area contributed by atoms with Gasteiger partial charge in [0.2, 0.25) is 0 Å². The molecule has 1 aliphatic rings. The van der Waals surface area contributed by atoms with Crippen LogP contribution in [0.2, 0.25) is 0 Å². The molecule has 27 heavy (non-hydrogen) atoms. The third kappa shape index (κ3) is 6.86. The zero-order chi connectivity index (χ0) is 20.4. The largest absolute Gasteiger partial charge is 0.396 e. The quantitative estimate of drug-likeness (QED) is 0.522. The number of amidine groups is 1. The maximum atomic E-state index is 12.5. The summed E-state index contributed by atoms with van der Waals surface area (Å²) in [6, 6.07) is 0. The van der Waals surface area contributed by atoms with E-state index < -0.39 is 0 Å². The minimum absolute atomic E-state index is 0.0139. The maximum absolute atomic E-state index is 12.5. The van der Waals surface area contributed by atoms with Crippen LogP contribution in [0.4, 0.5) is 5.69 Å². The smallest absolute Gasteiger partial charge is 0.255 e. The number of nitrogens with zero attached hydrogens (tertiary/aromatic N) is 2. The Hall–Kier alpha value is -2.08. The first-order chi connectivity index (χ1) is 12.8. The number of aliphatic imine (C=N–C) groups is 1. The topological polar surface area (TPSA) is 80.7 Å². The van der Waals surface area contributed by atoms with Crippen LogP contribution >= 0.6 is 0 Å². The van der Waals surface area contributed by atoms with Crippen LogP contribution in [-0.4, -0.2) is 53.0 Å². The Bertz CT molecular complexity index is 641. The van der Waals surface area contributed by atoms with Gasteiger partial charge < -0.3 is 20.3 Å². The fourth-order valence-electron chi connectivity index (χ4n) is 2.61. The number of hydrogen-bond donors (Lipinski definition) is 3. The lowest BCUT2D eigenvalue weighted by atomic mass is 9.95. The lowest BCUT2D eigenvalue weighted by Crippen LogP contribution is -2.36. The van der Waals surface area contributed by atoms with Gasteiger partial charge in [0, 0.05) is 43.5 Å². The number of aromatic amines is 1. The fraction of sp³-hybridized carbons (Fsp3) is 0.619. The minimum Gasteiger partial charge on any atom is -0.396 e. The van der Waals surface area contributed by atoms with Gasteiger partial charge in [0.15, 0.2) is 0 Å². The van der Waals surface area contributed by atoms with Crippen LogP contribution in [0, 0.1) is 12.3 Å². The number of aliphatic hydroxyl groups is 1. The minimum atomic E-state index is -0.355. The number of aromatic nitrogens is 1. The molecule has 6 heteroatoms. The lowest BCUT2D eigenvalue weighted by molar-refractivity contribution is 0.0912. The molecule has 1 aromatic rings. The molecule has 0 atom stereocenters. The molecule has 0 saturated carbocycles. The number of carbonyl (C=O) groups excluding carboxylic acids is 1. The van der Waals surface area contributed by atoms with E-state index in [-0.39, 0.29) is 17.9 Å². The second-order valence-corrected chi connectivity index (χ2v) is 7.76. The highest BCUT2D eigenvalue weighted by Gasteiger charge is 2.21. The van der Waals surface area contributed by atoms with Crippen molar-refractivity contribution in [3.05, 3.63) is 30.1 Å². The van der Waals surface area contributed by atoms with E-state index in [1.54, 1.807) is 12.3 Å². The average molecular weight is 377 g/mol. The summed E-state index contributed by atoms with van der Waals surface area (Å²) in [4.78, 5) is 22.5. The number of H-pyrrole nitrogens is 1. The first kappa shape index (κ1) is 23.0. The number of carbonyl (C=O) groups is 1. The van der Waals surface area contributed by atoms with Crippen molar-refractivity contribution in [3.63, 3.8) is 0 Å². The van der Waals surface area contributed by atoms with Crippen LogP contribution < -0.4 is 5.32 Å². The third-order valence-corrected chi connectivity index (χ3v) is 4.28. The van der Waals surface area contributed by atoms with E-state index >= 15 is 0 Å². The summed E-state index contributed by atoms with van der Waals surface area (Å²) in [6.45, 7) is 16.2. The summed E-state index contributed by atoms with van der Waals surface area (Å²) >= 11 is 0. The van der Waals surface area contributed by atoms with Crippen molar-refractivity contribution >= 4 is 17.4 Å². The summed E-state index contributed by atoms with van der Waals surface area (Å²) in [5.41, 5.74) is 1.66. The van der Waals surface area contributed by atoms with Gasteiger partial charge in [-0.05, 0) is 25.8 Å². The van der Waals surface area contributed by atoms with Crippen LogP contribution in [0.25, 0.3) is 0 Å². The molecule has 3 N–H and O–H groups in total. The van der Waals surface area contributed by atoms with E-state index in [0.29, 0.717) is 17.8 Å². The van der Waals surface area contributed by atoms with Crippen LogP contribution in [0.1, 0.15) is 63.0 Å². The van der Waals surface area contributed by atoms with Crippen molar-refractivity contribution in [3.8, 4) is 0 Å². The van der Waals surface area contributed by atoms with Crippen molar-refractivity contribution in [1.29, 1.82) is 0 Å². The van der Waals surface area contributed by atoms with Gasteiger partial charge >= 0.3 is 0 Å². The number of hydrogen-bond acceptors (Lipinski definition) is 3.